The third-order valence-electron chi connectivity index (χ3n) is 3.59. The molecule has 6 heteroatoms. The molecule has 2 N–H and O–H groups in total. The molecule has 1 amide bonds. The number of rotatable bonds is 4. The third-order valence-corrected chi connectivity index (χ3v) is 3.59. The normalized spacial score (nSPS) is 22.2. The highest BCUT2D eigenvalue weighted by atomic mass is 16.5. The number of para-hydroxylation sites is 1. The van der Waals surface area contributed by atoms with Gasteiger partial charge in [-0.25, -0.2) is 0 Å². The monoisotopic (exact) mass is 275 g/mol. The molecule has 0 saturated carbocycles. The van der Waals surface area contributed by atoms with Gasteiger partial charge < -0.3 is 19.9 Å². The summed E-state index contributed by atoms with van der Waals surface area (Å²) in [5.74, 6) is -0.0696. The Morgan fingerprint density at radius 2 is 2.35 bits per heavy atom. The lowest BCUT2D eigenvalue weighted by atomic mass is 10.1. The molecule has 2 heterocycles. The Kier molecular flexibility index (Phi) is 3.66. The molecule has 0 aliphatic carbocycles. The molecule has 3 rings (SSSR count). The first kappa shape index (κ1) is 13.1. The number of carbonyl (C=O) groups is 1. The highest BCUT2D eigenvalue weighted by molar-refractivity contribution is 5.86. The lowest BCUT2D eigenvalue weighted by molar-refractivity contribution is -0.121. The highest BCUT2D eigenvalue weighted by Crippen LogP contribution is 2.18. The van der Waals surface area contributed by atoms with Crippen molar-refractivity contribution in [2.75, 3.05) is 20.2 Å². The summed E-state index contributed by atoms with van der Waals surface area (Å²) in [6, 6.07) is 7.54. The summed E-state index contributed by atoms with van der Waals surface area (Å²) in [5, 5.41) is 11.0. The maximum absolute atomic E-state index is 12.1. The van der Waals surface area contributed by atoms with Crippen LogP contribution in [-0.4, -0.2) is 43.4 Å². The Bertz CT molecular complexity index is 610. The van der Waals surface area contributed by atoms with Crippen LogP contribution in [0.15, 0.2) is 28.8 Å². The van der Waals surface area contributed by atoms with Crippen molar-refractivity contribution < 1.29 is 14.1 Å². The van der Waals surface area contributed by atoms with E-state index < -0.39 is 0 Å². The SMILES string of the molecule is CO[C@H]1CNCC1NC(=O)Cc1noc2ccccc12. The van der Waals surface area contributed by atoms with Crippen molar-refractivity contribution in [1.29, 1.82) is 0 Å². The van der Waals surface area contributed by atoms with Gasteiger partial charge in [0.15, 0.2) is 5.58 Å². The van der Waals surface area contributed by atoms with E-state index in [1.165, 1.54) is 0 Å². The van der Waals surface area contributed by atoms with Gasteiger partial charge in [0.2, 0.25) is 5.91 Å². The lowest BCUT2D eigenvalue weighted by Crippen LogP contribution is -2.44. The number of ether oxygens (including phenoxy) is 1. The molecular formula is C14H17N3O3. The van der Waals surface area contributed by atoms with Crippen molar-refractivity contribution >= 4 is 16.9 Å². The Balaban J connectivity index is 1.67. The Hall–Kier alpha value is -1.92. The van der Waals surface area contributed by atoms with Crippen molar-refractivity contribution in [3.8, 4) is 0 Å². The number of amides is 1. The van der Waals surface area contributed by atoms with Crippen LogP contribution in [-0.2, 0) is 16.0 Å². The van der Waals surface area contributed by atoms with Gasteiger partial charge in [0, 0.05) is 25.6 Å². The van der Waals surface area contributed by atoms with E-state index in [2.05, 4.69) is 15.8 Å². The zero-order chi connectivity index (χ0) is 13.9. The van der Waals surface area contributed by atoms with E-state index in [0.29, 0.717) is 11.3 Å². The molecule has 1 saturated heterocycles. The number of nitrogens with zero attached hydrogens (tertiary/aromatic N) is 1. The average Bonchev–Trinajstić information content (AvgIpc) is 3.06. The van der Waals surface area contributed by atoms with E-state index in [-0.39, 0.29) is 24.5 Å². The number of methoxy groups -OCH3 is 1. The number of hydrogen-bond acceptors (Lipinski definition) is 5. The summed E-state index contributed by atoms with van der Waals surface area (Å²) in [6.45, 7) is 1.48. The molecule has 2 atom stereocenters. The number of benzene rings is 1. The molecular weight excluding hydrogens is 258 g/mol. The predicted octanol–water partition coefficient (Wildman–Crippen LogP) is 0.473. The Morgan fingerprint density at radius 1 is 1.50 bits per heavy atom. The van der Waals surface area contributed by atoms with Crippen LogP contribution in [0.25, 0.3) is 11.0 Å². The number of carbonyl (C=O) groups excluding carboxylic acids is 1. The van der Waals surface area contributed by atoms with Gasteiger partial charge in [0.1, 0.15) is 5.69 Å². The van der Waals surface area contributed by atoms with E-state index in [1.807, 2.05) is 24.3 Å². The minimum absolute atomic E-state index is 0.00525. The van der Waals surface area contributed by atoms with Crippen molar-refractivity contribution in [1.82, 2.24) is 15.8 Å². The van der Waals surface area contributed by atoms with Crippen LogP contribution < -0.4 is 10.6 Å². The maximum Gasteiger partial charge on any atom is 0.226 e. The summed E-state index contributed by atoms with van der Waals surface area (Å²) in [7, 11) is 1.65. The fourth-order valence-electron chi connectivity index (χ4n) is 2.52. The molecule has 1 fully saturated rings. The minimum atomic E-state index is -0.0696. The molecule has 20 heavy (non-hydrogen) atoms. The highest BCUT2D eigenvalue weighted by Gasteiger charge is 2.28. The van der Waals surface area contributed by atoms with Gasteiger partial charge in [-0.2, -0.15) is 0 Å². The molecule has 1 aliphatic rings. The van der Waals surface area contributed by atoms with Crippen LogP contribution in [0, 0.1) is 0 Å². The second-order valence-corrected chi connectivity index (χ2v) is 4.91. The first-order chi connectivity index (χ1) is 9.78. The predicted molar refractivity (Wildman–Crippen MR) is 73.3 cm³/mol. The molecule has 1 aromatic carbocycles. The summed E-state index contributed by atoms with van der Waals surface area (Å²) in [4.78, 5) is 12.1. The van der Waals surface area contributed by atoms with Crippen LogP contribution in [0.5, 0.6) is 0 Å². The van der Waals surface area contributed by atoms with Crippen LogP contribution in [0.4, 0.5) is 0 Å². The van der Waals surface area contributed by atoms with Crippen molar-refractivity contribution in [3.05, 3.63) is 30.0 Å². The second kappa shape index (κ2) is 5.60. The summed E-state index contributed by atoms with van der Waals surface area (Å²) in [6.07, 6.45) is 0.234. The van der Waals surface area contributed by atoms with Gasteiger partial charge in [-0.05, 0) is 12.1 Å². The first-order valence-corrected chi connectivity index (χ1v) is 6.64. The van der Waals surface area contributed by atoms with Crippen molar-refractivity contribution in [2.24, 2.45) is 0 Å². The molecule has 0 spiro atoms. The van der Waals surface area contributed by atoms with Crippen LogP contribution in [0.2, 0.25) is 0 Å². The van der Waals surface area contributed by atoms with E-state index in [0.717, 1.165) is 18.5 Å². The van der Waals surface area contributed by atoms with Gasteiger partial charge in [-0.15, -0.1) is 0 Å². The smallest absolute Gasteiger partial charge is 0.226 e. The zero-order valence-corrected chi connectivity index (χ0v) is 11.3. The topological polar surface area (TPSA) is 76.4 Å². The molecule has 1 aliphatic heterocycles. The second-order valence-electron chi connectivity index (χ2n) is 4.91. The molecule has 1 unspecified atom stereocenters. The number of hydrogen-bond donors (Lipinski definition) is 2. The van der Waals surface area contributed by atoms with Gasteiger partial charge in [-0.1, -0.05) is 17.3 Å². The van der Waals surface area contributed by atoms with Crippen LogP contribution >= 0.6 is 0 Å². The Morgan fingerprint density at radius 3 is 3.20 bits per heavy atom. The Labute approximate surface area is 116 Å². The van der Waals surface area contributed by atoms with E-state index >= 15 is 0 Å². The van der Waals surface area contributed by atoms with Crippen molar-refractivity contribution in [2.45, 2.75) is 18.6 Å². The quantitative estimate of drug-likeness (QED) is 0.848. The zero-order valence-electron chi connectivity index (χ0n) is 11.3. The fourth-order valence-corrected chi connectivity index (χ4v) is 2.52. The average molecular weight is 275 g/mol. The standard InChI is InChI=1S/C14H17N3O3/c1-19-13-8-15-7-11(13)16-14(18)6-10-9-4-2-3-5-12(9)20-17-10/h2-5,11,13,15H,6-8H2,1H3,(H,16,18)/t11?,13-/m0/s1. The van der Waals surface area contributed by atoms with Gasteiger partial charge in [-0.3, -0.25) is 4.79 Å². The van der Waals surface area contributed by atoms with Crippen LogP contribution in [0.1, 0.15) is 5.69 Å². The summed E-state index contributed by atoms with van der Waals surface area (Å²) >= 11 is 0. The van der Waals surface area contributed by atoms with E-state index in [4.69, 9.17) is 9.26 Å². The molecule has 106 valence electrons. The minimum Gasteiger partial charge on any atom is -0.378 e. The van der Waals surface area contributed by atoms with Gasteiger partial charge in [0.05, 0.1) is 18.6 Å². The molecule has 2 aromatic rings. The maximum atomic E-state index is 12.1. The van der Waals surface area contributed by atoms with Crippen molar-refractivity contribution in [3.63, 3.8) is 0 Å². The molecule has 1 aromatic heterocycles. The molecule has 6 nitrogen and oxygen atoms in total. The van der Waals surface area contributed by atoms with Gasteiger partial charge >= 0.3 is 0 Å². The van der Waals surface area contributed by atoms with E-state index in [1.54, 1.807) is 7.11 Å². The summed E-state index contributed by atoms with van der Waals surface area (Å²) in [5.41, 5.74) is 1.37. The first-order valence-electron chi connectivity index (χ1n) is 6.64. The largest absolute Gasteiger partial charge is 0.378 e. The number of nitrogens with one attached hydrogen (secondary N) is 2. The lowest BCUT2D eigenvalue weighted by Gasteiger charge is -2.18. The van der Waals surface area contributed by atoms with E-state index in [9.17, 15) is 4.79 Å². The number of fused-ring (bicyclic) bond motifs is 1. The number of aromatic nitrogens is 1. The fraction of sp³-hybridized carbons (Fsp3) is 0.429. The third kappa shape index (κ3) is 2.52. The van der Waals surface area contributed by atoms with Crippen LogP contribution in [0.3, 0.4) is 0 Å². The summed E-state index contributed by atoms with van der Waals surface area (Å²) < 4.78 is 10.5. The molecule has 0 radical (unpaired) electrons. The molecule has 0 bridgehead atoms. The van der Waals surface area contributed by atoms with Gasteiger partial charge in [0.25, 0.3) is 0 Å².